The van der Waals surface area contributed by atoms with E-state index < -0.39 is 0 Å². The van der Waals surface area contributed by atoms with Crippen molar-refractivity contribution < 1.29 is 4.79 Å². The summed E-state index contributed by atoms with van der Waals surface area (Å²) in [6.07, 6.45) is 4.67. The summed E-state index contributed by atoms with van der Waals surface area (Å²) in [6, 6.07) is 12.3. The number of hydrogen-bond acceptors (Lipinski definition) is 3. The minimum absolute atomic E-state index is 0.0846. The molecule has 29 heavy (non-hydrogen) atoms. The van der Waals surface area contributed by atoms with Crippen LogP contribution in [0.3, 0.4) is 0 Å². The SMILES string of the molecule is CC(C)Cc1cc(C(=O)N2CCC(c3[nH]ncc3-c3ccccc3)CC2)n(C)n1. The van der Waals surface area contributed by atoms with Gasteiger partial charge >= 0.3 is 0 Å². The minimum atomic E-state index is 0.0846. The number of benzene rings is 1. The number of aryl methyl sites for hydroxylation is 1. The highest BCUT2D eigenvalue weighted by atomic mass is 16.2. The predicted octanol–water partition coefficient (Wildman–Crippen LogP) is 4.03. The van der Waals surface area contributed by atoms with Gasteiger partial charge in [0.15, 0.2) is 0 Å². The van der Waals surface area contributed by atoms with Gasteiger partial charge in [-0.25, -0.2) is 0 Å². The standard InChI is InChI=1S/C23H29N5O/c1-16(2)13-19-14-21(27(3)26-19)23(29)28-11-9-18(10-12-28)22-20(15-24-25-22)17-7-5-4-6-8-17/h4-8,14-16,18H,9-13H2,1-3H3,(H,24,25). The van der Waals surface area contributed by atoms with Gasteiger partial charge in [0.1, 0.15) is 5.69 Å². The Morgan fingerprint density at radius 3 is 2.62 bits per heavy atom. The third kappa shape index (κ3) is 4.11. The van der Waals surface area contributed by atoms with Crippen molar-refractivity contribution in [3.8, 4) is 11.1 Å². The smallest absolute Gasteiger partial charge is 0.272 e. The second-order valence-electron chi connectivity index (χ2n) is 8.37. The second-order valence-corrected chi connectivity index (χ2v) is 8.37. The first-order valence-corrected chi connectivity index (χ1v) is 10.4. The maximum atomic E-state index is 13.0. The molecule has 1 amide bonds. The molecule has 3 heterocycles. The third-order valence-corrected chi connectivity index (χ3v) is 5.71. The third-order valence-electron chi connectivity index (χ3n) is 5.71. The fraction of sp³-hybridized carbons (Fsp3) is 0.435. The van der Waals surface area contributed by atoms with Gasteiger partial charge in [0.25, 0.3) is 5.91 Å². The van der Waals surface area contributed by atoms with Crippen molar-refractivity contribution >= 4 is 5.91 Å². The molecule has 0 saturated carbocycles. The number of hydrogen-bond donors (Lipinski definition) is 1. The maximum Gasteiger partial charge on any atom is 0.272 e. The second kappa shape index (κ2) is 8.23. The van der Waals surface area contributed by atoms with E-state index in [2.05, 4.69) is 53.4 Å². The van der Waals surface area contributed by atoms with Crippen molar-refractivity contribution in [1.29, 1.82) is 0 Å². The monoisotopic (exact) mass is 391 g/mol. The van der Waals surface area contributed by atoms with Crippen molar-refractivity contribution in [2.75, 3.05) is 13.1 Å². The fourth-order valence-electron chi connectivity index (χ4n) is 4.23. The van der Waals surface area contributed by atoms with Gasteiger partial charge in [0.2, 0.25) is 0 Å². The summed E-state index contributed by atoms with van der Waals surface area (Å²) >= 11 is 0. The molecule has 0 unspecified atom stereocenters. The van der Waals surface area contributed by atoms with Gasteiger partial charge < -0.3 is 4.90 Å². The Balaban J connectivity index is 1.44. The number of rotatable bonds is 5. The molecule has 1 aliphatic rings. The van der Waals surface area contributed by atoms with Crippen LogP contribution in [0.1, 0.15) is 54.5 Å². The topological polar surface area (TPSA) is 66.8 Å². The molecule has 1 aromatic carbocycles. The molecular formula is C23H29N5O. The summed E-state index contributed by atoms with van der Waals surface area (Å²) in [5, 5.41) is 12.0. The van der Waals surface area contributed by atoms with Crippen LogP contribution in [0.4, 0.5) is 0 Å². The number of nitrogens with one attached hydrogen (secondary N) is 1. The van der Waals surface area contributed by atoms with E-state index >= 15 is 0 Å². The Labute approximate surface area is 171 Å². The van der Waals surface area contributed by atoms with E-state index in [4.69, 9.17) is 0 Å². The summed E-state index contributed by atoms with van der Waals surface area (Å²) in [6.45, 7) is 5.84. The van der Waals surface area contributed by atoms with E-state index in [1.807, 2.05) is 30.3 Å². The lowest BCUT2D eigenvalue weighted by atomic mass is 9.89. The quantitative estimate of drug-likeness (QED) is 0.714. The Bertz CT molecular complexity index is 964. The van der Waals surface area contributed by atoms with Crippen molar-refractivity contribution in [3.63, 3.8) is 0 Å². The molecule has 0 bridgehead atoms. The molecule has 0 spiro atoms. The molecule has 1 N–H and O–H groups in total. The lowest BCUT2D eigenvalue weighted by Crippen LogP contribution is -2.38. The Morgan fingerprint density at radius 2 is 1.93 bits per heavy atom. The molecule has 4 rings (SSSR count). The van der Waals surface area contributed by atoms with Crippen LogP contribution in [-0.2, 0) is 13.5 Å². The largest absolute Gasteiger partial charge is 0.337 e. The number of carbonyl (C=O) groups excluding carboxylic acids is 1. The lowest BCUT2D eigenvalue weighted by molar-refractivity contribution is 0.0701. The highest BCUT2D eigenvalue weighted by Gasteiger charge is 2.28. The number of likely N-dealkylation sites (tertiary alicyclic amines) is 1. The molecular weight excluding hydrogens is 362 g/mol. The number of nitrogens with zero attached hydrogens (tertiary/aromatic N) is 4. The molecule has 0 aliphatic carbocycles. The summed E-state index contributed by atoms with van der Waals surface area (Å²) in [5.41, 5.74) is 5.21. The van der Waals surface area contributed by atoms with Crippen LogP contribution in [0.15, 0.2) is 42.6 Å². The molecule has 2 aromatic heterocycles. The van der Waals surface area contributed by atoms with Crippen LogP contribution in [-0.4, -0.2) is 43.9 Å². The molecule has 1 aliphatic heterocycles. The number of carbonyl (C=O) groups is 1. The first-order valence-electron chi connectivity index (χ1n) is 10.4. The first kappa shape index (κ1) is 19.4. The van der Waals surface area contributed by atoms with Gasteiger partial charge in [0.05, 0.1) is 11.9 Å². The first-order chi connectivity index (χ1) is 14.0. The van der Waals surface area contributed by atoms with Crippen molar-refractivity contribution in [1.82, 2.24) is 24.9 Å². The Morgan fingerprint density at radius 1 is 1.21 bits per heavy atom. The lowest BCUT2D eigenvalue weighted by Gasteiger charge is -2.32. The van der Waals surface area contributed by atoms with E-state index in [9.17, 15) is 4.79 Å². The number of aromatic nitrogens is 4. The zero-order valence-electron chi connectivity index (χ0n) is 17.4. The van der Waals surface area contributed by atoms with Gasteiger partial charge in [-0.2, -0.15) is 10.2 Å². The fourth-order valence-corrected chi connectivity index (χ4v) is 4.23. The molecule has 1 fully saturated rings. The maximum absolute atomic E-state index is 13.0. The van der Waals surface area contributed by atoms with Crippen LogP contribution in [0.5, 0.6) is 0 Å². The molecule has 6 nitrogen and oxygen atoms in total. The average molecular weight is 392 g/mol. The summed E-state index contributed by atoms with van der Waals surface area (Å²) < 4.78 is 1.73. The van der Waals surface area contributed by atoms with Crippen LogP contribution >= 0.6 is 0 Å². The average Bonchev–Trinajstić information content (AvgIpc) is 3.34. The highest BCUT2D eigenvalue weighted by Crippen LogP contribution is 2.34. The number of piperidine rings is 1. The van der Waals surface area contributed by atoms with Crippen LogP contribution in [0.2, 0.25) is 0 Å². The number of aromatic amines is 1. The van der Waals surface area contributed by atoms with Gasteiger partial charge in [-0.1, -0.05) is 44.2 Å². The molecule has 152 valence electrons. The Kier molecular flexibility index (Phi) is 5.51. The molecule has 3 aromatic rings. The summed E-state index contributed by atoms with van der Waals surface area (Å²) in [4.78, 5) is 15.0. The summed E-state index contributed by atoms with van der Waals surface area (Å²) in [7, 11) is 1.86. The van der Waals surface area contributed by atoms with E-state index in [-0.39, 0.29) is 5.91 Å². The van der Waals surface area contributed by atoms with Gasteiger partial charge in [0, 0.05) is 37.3 Å². The molecule has 0 radical (unpaired) electrons. The van der Waals surface area contributed by atoms with Crippen molar-refractivity contribution in [3.05, 3.63) is 59.7 Å². The summed E-state index contributed by atoms with van der Waals surface area (Å²) in [5.74, 6) is 0.998. The normalized spacial score (nSPS) is 15.2. The predicted molar refractivity (Wildman–Crippen MR) is 114 cm³/mol. The van der Waals surface area contributed by atoms with Crippen molar-refractivity contribution in [2.24, 2.45) is 13.0 Å². The van der Waals surface area contributed by atoms with Crippen LogP contribution in [0, 0.1) is 5.92 Å². The number of H-pyrrole nitrogens is 1. The van der Waals surface area contributed by atoms with Gasteiger partial charge in [-0.3, -0.25) is 14.6 Å². The van der Waals surface area contributed by atoms with E-state index in [0.29, 0.717) is 17.5 Å². The van der Waals surface area contributed by atoms with Gasteiger partial charge in [-0.15, -0.1) is 0 Å². The number of amides is 1. The van der Waals surface area contributed by atoms with Crippen molar-refractivity contribution in [2.45, 2.75) is 39.0 Å². The zero-order chi connectivity index (χ0) is 20.4. The molecule has 1 saturated heterocycles. The van der Waals surface area contributed by atoms with E-state index in [1.54, 1.807) is 4.68 Å². The Hall–Kier alpha value is -2.89. The minimum Gasteiger partial charge on any atom is -0.337 e. The van der Waals surface area contributed by atoms with Gasteiger partial charge in [-0.05, 0) is 36.8 Å². The zero-order valence-corrected chi connectivity index (χ0v) is 17.4. The van der Waals surface area contributed by atoms with E-state index in [1.165, 1.54) is 16.8 Å². The van der Waals surface area contributed by atoms with Crippen LogP contribution in [0.25, 0.3) is 11.1 Å². The molecule has 6 heteroatoms. The van der Waals surface area contributed by atoms with Crippen LogP contribution < -0.4 is 0 Å². The molecule has 0 atom stereocenters. The highest BCUT2D eigenvalue weighted by molar-refractivity contribution is 5.92. The van der Waals surface area contributed by atoms with E-state index in [0.717, 1.165) is 38.0 Å².